The van der Waals surface area contributed by atoms with Crippen LogP contribution in [0.15, 0.2) is 47.6 Å². The molecule has 4 rings (SSSR count). The van der Waals surface area contributed by atoms with Gasteiger partial charge in [-0.3, -0.25) is 19.5 Å². The number of nitrogens with zero attached hydrogens (tertiary/aromatic N) is 5. The first-order valence-corrected chi connectivity index (χ1v) is 11.4. The van der Waals surface area contributed by atoms with Crippen LogP contribution in [-0.4, -0.2) is 38.7 Å². The van der Waals surface area contributed by atoms with E-state index in [-0.39, 0.29) is 11.3 Å². The molecule has 0 bridgehead atoms. The second-order valence-electron chi connectivity index (χ2n) is 7.75. The number of carbonyl (C=O) groups is 1. The standard InChI is InChI=1S/C22H24N6O3S/c1-15-5-9-18(10-6-15)27-21(26-11-3-2-4-12-26)24-25-22(27)32-14-17-8-7-16(20(23)29)13-19(17)28(30)31/h5-10,13H,2-4,11-12,14H2,1H3,(H2,23,29). The topological polar surface area (TPSA) is 120 Å². The van der Waals surface area contributed by atoms with E-state index in [1.54, 1.807) is 6.07 Å². The van der Waals surface area contributed by atoms with Gasteiger partial charge in [-0.05, 0) is 44.4 Å². The van der Waals surface area contributed by atoms with Gasteiger partial charge in [-0.2, -0.15) is 0 Å². The molecule has 1 aliphatic heterocycles. The van der Waals surface area contributed by atoms with E-state index in [0.29, 0.717) is 16.5 Å². The number of thioether (sulfide) groups is 1. The fourth-order valence-electron chi connectivity index (χ4n) is 3.73. The summed E-state index contributed by atoms with van der Waals surface area (Å²) < 4.78 is 2.01. The van der Waals surface area contributed by atoms with Gasteiger partial charge < -0.3 is 10.6 Å². The first-order chi connectivity index (χ1) is 15.4. The molecule has 9 nitrogen and oxygen atoms in total. The van der Waals surface area contributed by atoms with Gasteiger partial charge in [0.25, 0.3) is 5.69 Å². The number of benzene rings is 2. The highest BCUT2D eigenvalue weighted by Gasteiger charge is 2.23. The van der Waals surface area contributed by atoms with Gasteiger partial charge in [-0.1, -0.05) is 35.5 Å². The van der Waals surface area contributed by atoms with Crippen molar-refractivity contribution in [1.82, 2.24) is 14.8 Å². The van der Waals surface area contributed by atoms with E-state index in [4.69, 9.17) is 5.73 Å². The van der Waals surface area contributed by atoms with Crippen LogP contribution in [0.5, 0.6) is 0 Å². The molecule has 3 aromatic rings. The molecule has 0 unspecified atom stereocenters. The minimum Gasteiger partial charge on any atom is -0.366 e. The molecule has 2 N–H and O–H groups in total. The van der Waals surface area contributed by atoms with Gasteiger partial charge in [0.15, 0.2) is 5.16 Å². The largest absolute Gasteiger partial charge is 0.366 e. The second-order valence-corrected chi connectivity index (χ2v) is 8.70. The van der Waals surface area contributed by atoms with Crippen molar-refractivity contribution in [3.05, 3.63) is 69.3 Å². The minimum atomic E-state index is -0.697. The molecule has 1 aliphatic rings. The van der Waals surface area contributed by atoms with Crippen molar-refractivity contribution >= 4 is 29.3 Å². The molecule has 1 saturated heterocycles. The Balaban J connectivity index is 1.67. The molecule has 2 aromatic carbocycles. The lowest BCUT2D eigenvalue weighted by molar-refractivity contribution is -0.385. The monoisotopic (exact) mass is 452 g/mol. The number of rotatable bonds is 7. The molecule has 1 aromatic heterocycles. The van der Waals surface area contributed by atoms with E-state index in [1.807, 2.05) is 35.8 Å². The third-order valence-corrected chi connectivity index (χ3v) is 6.45. The molecule has 1 fully saturated rings. The number of carbonyl (C=O) groups excluding carboxylic acids is 1. The molecule has 32 heavy (non-hydrogen) atoms. The summed E-state index contributed by atoms with van der Waals surface area (Å²) in [6, 6.07) is 12.4. The van der Waals surface area contributed by atoms with Gasteiger partial charge in [0, 0.05) is 36.0 Å². The molecule has 2 heterocycles. The number of amides is 1. The Morgan fingerprint density at radius 2 is 1.84 bits per heavy atom. The van der Waals surface area contributed by atoms with E-state index in [1.165, 1.54) is 30.3 Å². The fraction of sp³-hybridized carbons (Fsp3) is 0.318. The van der Waals surface area contributed by atoms with Gasteiger partial charge >= 0.3 is 0 Å². The third kappa shape index (κ3) is 4.59. The van der Waals surface area contributed by atoms with E-state index in [9.17, 15) is 14.9 Å². The zero-order valence-electron chi connectivity index (χ0n) is 17.7. The number of anilines is 1. The summed E-state index contributed by atoms with van der Waals surface area (Å²) in [6.45, 7) is 3.88. The lowest BCUT2D eigenvalue weighted by atomic mass is 10.1. The van der Waals surface area contributed by atoms with Gasteiger partial charge in [0.05, 0.1) is 10.6 Å². The zero-order chi connectivity index (χ0) is 22.7. The molecular formula is C22H24N6O3S. The van der Waals surface area contributed by atoms with Crippen LogP contribution in [0, 0.1) is 17.0 Å². The second kappa shape index (κ2) is 9.39. The molecule has 0 aliphatic carbocycles. The molecule has 10 heteroatoms. The third-order valence-electron chi connectivity index (χ3n) is 5.47. The van der Waals surface area contributed by atoms with Crippen LogP contribution in [0.2, 0.25) is 0 Å². The number of aryl methyl sites for hydroxylation is 1. The average Bonchev–Trinajstić information content (AvgIpc) is 3.22. The van der Waals surface area contributed by atoms with Crippen molar-refractivity contribution in [2.75, 3.05) is 18.0 Å². The quantitative estimate of drug-likeness (QED) is 0.328. The van der Waals surface area contributed by atoms with Crippen LogP contribution >= 0.6 is 11.8 Å². The minimum absolute atomic E-state index is 0.112. The van der Waals surface area contributed by atoms with Crippen molar-refractivity contribution in [3.8, 4) is 5.69 Å². The van der Waals surface area contributed by atoms with Crippen LogP contribution < -0.4 is 10.6 Å². The summed E-state index contributed by atoms with van der Waals surface area (Å²) in [5.41, 5.74) is 7.84. The van der Waals surface area contributed by atoms with Crippen molar-refractivity contribution in [1.29, 1.82) is 0 Å². The average molecular weight is 453 g/mol. The number of aromatic nitrogens is 3. The Hall–Kier alpha value is -3.40. The Bertz CT molecular complexity index is 1140. The number of nitro groups is 1. The van der Waals surface area contributed by atoms with Crippen LogP contribution in [-0.2, 0) is 5.75 Å². The number of nitrogens with two attached hydrogens (primary N) is 1. The highest BCUT2D eigenvalue weighted by atomic mass is 32.2. The Kier molecular flexibility index (Phi) is 6.40. The van der Waals surface area contributed by atoms with Crippen LogP contribution in [0.25, 0.3) is 5.69 Å². The Morgan fingerprint density at radius 3 is 2.50 bits per heavy atom. The number of hydrogen-bond acceptors (Lipinski definition) is 7. The lowest BCUT2D eigenvalue weighted by Gasteiger charge is -2.27. The highest BCUT2D eigenvalue weighted by molar-refractivity contribution is 7.98. The fourth-order valence-corrected chi connectivity index (χ4v) is 4.67. The molecule has 0 spiro atoms. The normalized spacial score (nSPS) is 13.8. The van der Waals surface area contributed by atoms with Crippen molar-refractivity contribution < 1.29 is 9.72 Å². The molecule has 166 valence electrons. The van der Waals surface area contributed by atoms with E-state index in [0.717, 1.165) is 43.1 Å². The summed E-state index contributed by atoms with van der Waals surface area (Å²) in [4.78, 5) is 24.7. The van der Waals surface area contributed by atoms with Gasteiger partial charge in [0.1, 0.15) is 0 Å². The molecular weight excluding hydrogens is 428 g/mol. The molecule has 0 radical (unpaired) electrons. The van der Waals surface area contributed by atoms with Gasteiger partial charge in [0.2, 0.25) is 11.9 Å². The van der Waals surface area contributed by atoms with Gasteiger partial charge in [-0.25, -0.2) is 0 Å². The number of piperidine rings is 1. The first-order valence-electron chi connectivity index (χ1n) is 10.4. The summed E-state index contributed by atoms with van der Waals surface area (Å²) in [7, 11) is 0. The Morgan fingerprint density at radius 1 is 1.12 bits per heavy atom. The number of hydrogen-bond donors (Lipinski definition) is 1. The predicted molar refractivity (Wildman–Crippen MR) is 123 cm³/mol. The summed E-state index contributed by atoms with van der Waals surface area (Å²) in [6.07, 6.45) is 3.44. The number of nitro benzene ring substituents is 1. The highest BCUT2D eigenvalue weighted by Crippen LogP contribution is 2.32. The van der Waals surface area contributed by atoms with Crippen LogP contribution in [0.3, 0.4) is 0 Å². The lowest BCUT2D eigenvalue weighted by Crippen LogP contribution is -2.31. The van der Waals surface area contributed by atoms with E-state index < -0.39 is 10.8 Å². The van der Waals surface area contributed by atoms with Crippen LogP contribution in [0.1, 0.15) is 40.7 Å². The van der Waals surface area contributed by atoms with Crippen molar-refractivity contribution in [2.45, 2.75) is 37.1 Å². The first kappa shape index (κ1) is 21.8. The zero-order valence-corrected chi connectivity index (χ0v) is 18.5. The van der Waals surface area contributed by atoms with Crippen LogP contribution in [0.4, 0.5) is 11.6 Å². The predicted octanol–water partition coefficient (Wildman–Crippen LogP) is 3.87. The SMILES string of the molecule is Cc1ccc(-n2c(SCc3ccc(C(N)=O)cc3[N+](=O)[O-])nnc2N2CCCCC2)cc1. The summed E-state index contributed by atoms with van der Waals surface area (Å²) in [5.74, 6) is 0.395. The maximum absolute atomic E-state index is 11.5. The van der Waals surface area contributed by atoms with Gasteiger partial charge in [-0.15, -0.1) is 10.2 Å². The van der Waals surface area contributed by atoms with E-state index >= 15 is 0 Å². The summed E-state index contributed by atoms with van der Waals surface area (Å²) >= 11 is 1.37. The molecule has 1 amide bonds. The van der Waals surface area contributed by atoms with E-state index in [2.05, 4.69) is 15.1 Å². The maximum Gasteiger partial charge on any atom is 0.274 e. The molecule has 0 atom stereocenters. The van der Waals surface area contributed by atoms with Crippen molar-refractivity contribution in [3.63, 3.8) is 0 Å². The van der Waals surface area contributed by atoms with Crippen molar-refractivity contribution in [2.24, 2.45) is 5.73 Å². The molecule has 0 saturated carbocycles. The maximum atomic E-state index is 11.5. The smallest absolute Gasteiger partial charge is 0.274 e. The Labute approximate surface area is 189 Å². The number of primary amides is 1. The summed E-state index contributed by atoms with van der Waals surface area (Å²) in [5, 5.41) is 21.1.